The average Bonchev–Trinajstić information content (AvgIpc) is 3.08. The van der Waals surface area contributed by atoms with E-state index in [9.17, 15) is 0 Å². The maximum atomic E-state index is 5.99. The number of nitrogens with one attached hydrogen (secondary N) is 2. The number of benzene rings is 2. The first-order chi connectivity index (χ1) is 11.8. The number of hydrogen-bond donors (Lipinski definition) is 2. The predicted octanol–water partition coefficient (Wildman–Crippen LogP) is 1.31. The maximum Gasteiger partial charge on any atom is 0.140 e. The fraction of sp³-hybridized carbons (Fsp3) is 0.429. The van der Waals surface area contributed by atoms with E-state index in [1.807, 2.05) is 41.3 Å². The standard InChI is InChI=1S/C21H26N2O/c1-17-21-11-6-12-22(21)13-14-23(17)16-18-7-5-10-20(15-18)24-19-8-3-2-4-9-19/h2-5,7-10,15,17,21H,6,11-14,16H2,1H3/p+2/t17-,21+/m1/s1. The van der Waals surface area contributed by atoms with Crippen LogP contribution in [0.4, 0.5) is 0 Å². The van der Waals surface area contributed by atoms with Crippen molar-refractivity contribution in [2.45, 2.75) is 38.4 Å². The third kappa shape index (κ3) is 3.33. The van der Waals surface area contributed by atoms with E-state index in [1.165, 1.54) is 38.0 Å². The molecule has 2 aliphatic heterocycles. The van der Waals surface area contributed by atoms with Crippen molar-refractivity contribution in [3.8, 4) is 11.5 Å². The lowest BCUT2D eigenvalue weighted by Crippen LogP contribution is -3.31. The van der Waals surface area contributed by atoms with Gasteiger partial charge in [-0.05, 0) is 31.2 Å². The number of rotatable bonds is 4. The quantitative estimate of drug-likeness (QED) is 0.868. The first kappa shape index (κ1) is 15.7. The van der Waals surface area contributed by atoms with Gasteiger partial charge in [-0.15, -0.1) is 0 Å². The topological polar surface area (TPSA) is 18.1 Å². The zero-order chi connectivity index (χ0) is 16.4. The Labute approximate surface area is 144 Å². The summed E-state index contributed by atoms with van der Waals surface area (Å²) in [6, 6.07) is 20.3. The monoisotopic (exact) mass is 324 g/mol. The van der Waals surface area contributed by atoms with Gasteiger partial charge >= 0.3 is 0 Å². The molecule has 0 aromatic heterocycles. The molecule has 126 valence electrons. The number of fused-ring (bicyclic) bond motifs is 1. The van der Waals surface area contributed by atoms with Gasteiger partial charge in [-0.3, -0.25) is 0 Å². The number of quaternary nitrogens is 2. The van der Waals surface area contributed by atoms with Gasteiger partial charge in [0.2, 0.25) is 0 Å². The van der Waals surface area contributed by atoms with Crippen molar-refractivity contribution >= 4 is 0 Å². The third-order valence-electron chi connectivity index (χ3n) is 5.86. The minimum Gasteiger partial charge on any atom is -0.457 e. The number of hydrogen-bond acceptors (Lipinski definition) is 1. The molecular formula is C21H28N2O+2. The molecule has 0 aliphatic carbocycles. The van der Waals surface area contributed by atoms with E-state index < -0.39 is 0 Å². The minimum absolute atomic E-state index is 0.759. The van der Waals surface area contributed by atoms with Gasteiger partial charge in [-0.25, -0.2) is 0 Å². The van der Waals surface area contributed by atoms with Gasteiger partial charge in [-0.2, -0.15) is 0 Å². The van der Waals surface area contributed by atoms with Crippen molar-refractivity contribution in [3.63, 3.8) is 0 Å². The number of piperazine rings is 1. The van der Waals surface area contributed by atoms with Crippen LogP contribution < -0.4 is 14.5 Å². The average molecular weight is 324 g/mol. The maximum absolute atomic E-state index is 5.99. The summed E-state index contributed by atoms with van der Waals surface area (Å²) in [6.45, 7) is 7.58. The van der Waals surface area contributed by atoms with Crippen LogP contribution in [0.5, 0.6) is 11.5 Å². The number of ether oxygens (including phenoxy) is 1. The lowest BCUT2D eigenvalue weighted by atomic mass is 10.0. The molecule has 3 nitrogen and oxygen atoms in total. The highest BCUT2D eigenvalue weighted by Gasteiger charge is 2.42. The molecule has 0 saturated carbocycles. The van der Waals surface area contributed by atoms with Crippen molar-refractivity contribution < 1.29 is 14.5 Å². The minimum atomic E-state index is 0.759. The van der Waals surface area contributed by atoms with E-state index in [4.69, 9.17) is 4.74 Å². The molecule has 0 amide bonds. The molecule has 4 atom stereocenters. The number of para-hydroxylation sites is 1. The fourth-order valence-corrected chi connectivity index (χ4v) is 4.54. The highest BCUT2D eigenvalue weighted by Crippen LogP contribution is 2.21. The first-order valence-electron chi connectivity index (χ1n) is 9.30. The Balaban J connectivity index is 1.44. The van der Waals surface area contributed by atoms with E-state index in [2.05, 4.69) is 25.1 Å². The summed E-state index contributed by atoms with van der Waals surface area (Å²) in [6.07, 6.45) is 2.83. The lowest BCUT2D eigenvalue weighted by molar-refractivity contribution is -1.05. The zero-order valence-corrected chi connectivity index (χ0v) is 14.5. The molecule has 4 rings (SSSR count). The van der Waals surface area contributed by atoms with Crippen LogP contribution in [0.1, 0.15) is 25.3 Å². The summed E-state index contributed by atoms with van der Waals surface area (Å²) >= 11 is 0. The van der Waals surface area contributed by atoms with Crippen molar-refractivity contribution in [1.82, 2.24) is 0 Å². The van der Waals surface area contributed by atoms with Crippen LogP contribution in [0.15, 0.2) is 54.6 Å². The Morgan fingerprint density at radius 2 is 1.79 bits per heavy atom. The molecule has 0 radical (unpaired) electrons. The Bertz CT molecular complexity index is 673. The summed E-state index contributed by atoms with van der Waals surface area (Å²) in [7, 11) is 0. The van der Waals surface area contributed by atoms with Crippen LogP contribution in [-0.2, 0) is 6.54 Å². The Kier molecular flexibility index (Phi) is 4.54. The first-order valence-corrected chi connectivity index (χ1v) is 9.30. The highest BCUT2D eigenvalue weighted by molar-refractivity contribution is 5.33. The summed E-state index contributed by atoms with van der Waals surface area (Å²) in [5.41, 5.74) is 1.38. The molecule has 2 N–H and O–H groups in total. The molecule has 0 bridgehead atoms. The van der Waals surface area contributed by atoms with Crippen LogP contribution in [0.25, 0.3) is 0 Å². The molecule has 0 spiro atoms. The van der Waals surface area contributed by atoms with E-state index in [1.54, 1.807) is 4.90 Å². The molecule has 2 unspecified atom stereocenters. The van der Waals surface area contributed by atoms with Gasteiger partial charge < -0.3 is 14.5 Å². The second-order valence-electron chi connectivity index (χ2n) is 7.34. The van der Waals surface area contributed by atoms with E-state index in [0.29, 0.717) is 0 Å². The molecule has 2 saturated heterocycles. The van der Waals surface area contributed by atoms with Gasteiger partial charge in [0, 0.05) is 18.4 Å². The molecule has 24 heavy (non-hydrogen) atoms. The molecule has 3 heteroatoms. The van der Waals surface area contributed by atoms with Crippen LogP contribution in [0.3, 0.4) is 0 Å². The summed E-state index contributed by atoms with van der Waals surface area (Å²) < 4.78 is 5.99. The third-order valence-corrected chi connectivity index (χ3v) is 5.86. The van der Waals surface area contributed by atoms with Crippen LogP contribution in [0, 0.1) is 0 Å². The Morgan fingerprint density at radius 1 is 0.958 bits per heavy atom. The molecular weight excluding hydrogens is 296 g/mol. The summed E-state index contributed by atoms with van der Waals surface area (Å²) in [5.74, 6) is 1.84. The van der Waals surface area contributed by atoms with E-state index in [-0.39, 0.29) is 0 Å². The molecule has 2 aromatic rings. The fourth-order valence-electron chi connectivity index (χ4n) is 4.54. The molecule has 2 heterocycles. The molecule has 2 fully saturated rings. The van der Waals surface area contributed by atoms with Crippen molar-refractivity contribution in [1.29, 1.82) is 0 Å². The smallest absolute Gasteiger partial charge is 0.140 e. The SMILES string of the molecule is C[C@@H]1[C@@H]2CCC[NH+]2CC[NH+]1Cc1cccc(Oc2ccccc2)c1. The van der Waals surface area contributed by atoms with Crippen molar-refractivity contribution in [3.05, 3.63) is 60.2 Å². The normalized spacial score (nSPS) is 29.2. The van der Waals surface area contributed by atoms with Gasteiger partial charge in [0.25, 0.3) is 0 Å². The largest absolute Gasteiger partial charge is 0.457 e. The van der Waals surface area contributed by atoms with Gasteiger partial charge in [0.1, 0.15) is 43.2 Å². The molecule has 2 aromatic carbocycles. The summed E-state index contributed by atoms with van der Waals surface area (Å²) in [5, 5.41) is 0. The second-order valence-corrected chi connectivity index (χ2v) is 7.34. The molecule has 2 aliphatic rings. The Morgan fingerprint density at radius 3 is 2.67 bits per heavy atom. The van der Waals surface area contributed by atoms with Gasteiger partial charge in [0.05, 0.1) is 6.54 Å². The van der Waals surface area contributed by atoms with Crippen molar-refractivity contribution in [2.75, 3.05) is 19.6 Å². The van der Waals surface area contributed by atoms with Crippen LogP contribution in [0.2, 0.25) is 0 Å². The van der Waals surface area contributed by atoms with E-state index in [0.717, 1.165) is 30.1 Å². The van der Waals surface area contributed by atoms with Crippen LogP contribution in [-0.4, -0.2) is 31.7 Å². The second kappa shape index (κ2) is 6.96. The van der Waals surface area contributed by atoms with Gasteiger partial charge in [-0.1, -0.05) is 30.3 Å². The predicted molar refractivity (Wildman–Crippen MR) is 95.7 cm³/mol. The van der Waals surface area contributed by atoms with Gasteiger partial charge in [0.15, 0.2) is 0 Å². The lowest BCUT2D eigenvalue weighted by Gasteiger charge is -2.37. The van der Waals surface area contributed by atoms with Crippen LogP contribution >= 0.6 is 0 Å². The zero-order valence-electron chi connectivity index (χ0n) is 14.5. The Hall–Kier alpha value is -1.84. The van der Waals surface area contributed by atoms with Crippen molar-refractivity contribution in [2.24, 2.45) is 0 Å². The summed E-state index contributed by atoms with van der Waals surface area (Å²) in [4.78, 5) is 3.59. The highest BCUT2D eigenvalue weighted by atomic mass is 16.5. The van der Waals surface area contributed by atoms with E-state index >= 15 is 0 Å².